The molecule has 79 valence electrons. The first-order valence-corrected chi connectivity index (χ1v) is 5.20. The molecule has 0 amide bonds. The summed E-state index contributed by atoms with van der Waals surface area (Å²) in [5.74, 6) is 0.322. The van der Waals surface area contributed by atoms with E-state index in [0.29, 0.717) is 5.75 Å². The van der Waals surface area contributed by atoms with Gasteiger partial charge in [-0.05, 0) is 12.1 Å². The zero-order valence-corrected chi connectivity index (χ0v) is 9.56. The zero-order chi connectivity index (χ0) is 10.8. The molecule has 0 atom stereocenters. The molecule has 14 heavy (non-hydrogen) atoms. The van der Waals surface area contributed by atoms with Gasteiger partial charge in [-0.2, -0.15) is 0 Å². The molecule has 0 aromatic heterocycles. The van der Waals surface area contributed by atoms with Crippen LogP contribution in [0.1, 0.15) is 0 Å². The van der Waals surface area contributed by atoms with Gasteiger partial charge in [0, 0.05) is 21.3 Å². The maximum Gasteiger partial charge on any atom is 0.576 e. The van der Waals surface area contributed by atoms with Crippen molar-refractivity contribution < 1.29 is 18.4 Å². The van der Waals surface area contributed by atoms with E-state index in [1.165, 1.54) is 0 Å². The maximum absolute atomic E-state index is 8.63. The Balaban J connectivity index is 0.000000241. The van der Waals surface area contributed by atoms with Gasteiger partial charge in [-0.15, -0.1) is 0 Å². The second-order valence-electron chi connectivity index (χ2n) is 2.20. The number of rotatable bonds is 3. The average Bonchev–Trinajstić information content (AvgIpc) is 2.22. The van der Waals surface area contributed by atoms with Crippen molar-refractivity contribution in [3.8, 4) is 5.75 Å². The quantitative estimate of drug-likeness (QED) is 0.772. The standard InChI is InChI=1S/C6H6O.C3H9O3Si/c7-6-4-2-1-3-5-6;1-4-7(5-2)6-3/h1-5,7H;1-3H3. The Labute approximate surface area is 86.0 Å². The topological polar surface area (TPSA) is 47.9 Å². The SMILES string of the molecule is CO[Si](OC)OC.Oc1ccccc1. The normalized spacial score (nSPS) is 9.43. The third kappa shape index (κ3) is 6.61. The Kier molecular flexibility index (Phi) is 8.15. The van der Waals surface area contributed by atoms with Gasteiger partial charge < -0.3 is 18.4 Å². The van der Waals surface area contributed by atoms with Crippen LogP contribution in [0.2, 0.25) is 0 Å². The van der Waals surface area contributed by atoms with Crippen LogP contribution in [-0.4, -0.2) is 36.0 Å². The summed E-state index contributed by atoms with van der Waals surface area (Å²) in [4.78, 5) is 0. The summed E-state index contributed by atoms with van der Waals surface area (Å²) in [5.41, 5.74) is 0. The van der Waals surface area contributed by atoms with Gasteiger partial charge in [-0.25, -0.2) is 0 Å². The minimum atomic E-state index is -1.36. The van der Waals surface area contributed by atoms with Crippen molar-refractivity contribution in [2.45, 2.75) is 0 Å². The van der Waals surface area contributed by atoms with Crippen LogP contribution in [0.5, 0.6) is 5.75 Å². The highest BCUT2D eigenvalue weighted by Crippen LogP contribution is 2.02. The van der Waals surface area contributed by atoms with Gasteiger partial charge >= 0.3 is 9.53 Å². The molecular formula is C9H15O4Si. The fourth-order valence-electron chi connectivity index (χ4n) is 0.678. The van der Waals surface area contributed by atoms with Crippen LogP contribution in [-0.2, 0) is 13.3 Å². The summed E-state index contributed by atoms with van der Waals surface area (Å²) in [5, 5.41) is 8.63. The summed E-state index contributed by atoms with van der Waals surface area (Å²) >= 11 is 0. The second kappa shape index (κ2) is 8.70. The first kappa shape index (κ1) is 13.1. The van der Waals surface area contributed by atoms with Crippen LogP contribution in [0.3, 0.4) is 0 Å². The largest absolute Gasteiger partial charge is 0.576 e. The second-order valence-corrected chi connectivity index (χ2v) is 3.92. The van der Waals surface area contributed by atoms with Crippen LogP contribution in [0.4, 0.5) is 0 Å². The highest BCUT2D eigenvalue weighted by Gasteiger charge is 2.09. The average molecular weight is 215 g/mol. The summed E-state index contributed by atoms with van der Waals surface area (Å²) in [6, 6.07) is 8.71. The van der Waals surface area contributed by atoms with Crippen molar-refractivity contribution in [1.29, 1.82) is 0 Å². The van der Waals surface area contributed by atoms with Crippen LogP contribution in [0.25, 0.3) is 0 Å². The molecule has 0 spiro atoms. The number of hydrogen-bond donors (Lipinski definition) is 1. The van der Waals surface area contributed by atoms with E-state index < -0.39 is 9.53 Å². The molecule has 1 aromatic carbocycles. The first-order valence-electron chi connectivity index (χ1n) is 3.97. The molecule has 0 saturated heterocycles. The van der Waals surface area contributed by atoms with Crippen molar-refractivity contribution >= 4 is 9.53 Å². The van der Waals surface area contributed by atoms with E-state index in [1.807, 2.05) is 6.07 Å². The van der Waals surface area contributed by atoms with Crippen LogP contribution >= 0.6 is 0 Å². The van der Waals surface area contributed by atoms with E-state index in [0.717, 1.165) is 0 Å². The van der Waals surface area contributed by atoms with Gasteiger partial charge in [0.05, 0.1) is 0 Å². The van der Waals surface area contributed by atoms with Gasteiger partial charge in [0.15, 0.2) is 0 Å². The molecule has 1 aromatic rings. The molecule has 1 radical (unpaired) electrons. The fourth-order valence-corrected chi connectivity index (χ4v) is 1.18. The van der Waals surface area contributed by atoms with E-state index in [9.17, 15) is 0 Å². The number of aromatic hydroxyl groups is 1. The highest BCUT2D eigenvalue weighted by molar-refractivity contribution is 6.36. The van der Waals surface area contributed by atoms with Crippen molar-refractivity contribution in [3.05, 3.63) is 30.3 Å². The number of hydrogen-bond acceptors (Lipinski definition) is 4. The molecule has 1 N–H and O–H groups in total. The smallest absolute Gasteiger partial charge is 0.508 e. The molecule has 0 aliphatic rings. The fraction of sp³-hybridized carbons (Fsp3) is 0.333. The third-order valence-electron chi connectivity index (χ3n) is 1.26. The first-order chi connectivity index (χ1) is 6.74. The third-order valence-corrected chi connectivity index (χ3v) is 2.26. The molecule has 5 heteroatoms. The lowest BCUT2D eigenvalue weighted by molar-refractivity contribution is 0.163. The number of phenolic OH excluding ortho intramolecular Hbond substituents is 1. The van der Waals surface area contributed by atoms with Crippen molar-refractivity contribution in [2.24, 2.45) is 0 Å². The molecule has 0 fully saturated rings. The monoisotopic (exact) mass is 215 g/mol. The van der Waals surface area contributed by atoms with Crippen molar-refractivity contribution in [1.82, 2.24) is 0 Å². The molecular weight excluding hydrogens is 200 g/mol. The Bertz CT molecular complexity index is 208. The summed E-state index contributed by atoms with van der Waals surface area (Å²) < 4.78 is 14.1. The molecule has 0 unspecified atom stereocenters. The van der Waals surface area contributed by atoms with Gasteiger partial charge in [-0.3, -0.25) is 0 Å². The van der Waals surface area contributed by atoms with Gasteiger partial charge in [-0.1, -0.05) is 18.2 Å². The Morgan fingerprint density at radius 1 is 0.929 bits per heavy atom. The van der Waals surface area contributed by atoms with Crippen LogP contribution in [0.15, 0.2) is 30.3 Å². The lowest BCUT2D eigenvalue weighted by Gasteiger charge is -2.02. The lowest BCUT2D eigenvalue weighted by atomic mass is 10.3. The molecule has 1 rings (SSSR count). The van der Waals surface area contributed by atoms with E-state index in [2.05, 4.69) is 0 Å². The lowest BCUT2D eigenvalue weighted by Crippen LogP contribution is -2.21. The molecule has 4 nitrogen and oxygen atoms in total. The Hall–Kier alpha value is -0.883. The predicted octanol–water partition coefficient (Wildman–Crippen LogP) is 1.30. The van der Waals surface area contributed by atoms with Crippen LogP contribution in [0, 0.1) is 0 Å². The van der Waals surface area contributed by atoms with E-state index in [4.69, 9.17) is 18.4 Å². The molecule has 0 aliphatic carbocycles. The summed E-state index contributed by atoms with van der Waals surface area (Å²) in [6.45, 7) is 0. The predicted molar refractivity (Wildman–Crippen MR) is 54.9 cm³/mol. The number of para-hydroxylation sites is 1. The van der Waals surface area contributed by atoms with Crippen molar-refractivity contribution in [2.75, 3.05) is 21.3 Å². The van der Waals surface area contributed by atoms with Crippen LogP contribution < -0.4 is 0 Å². The van der Waals surface area contributed by atoms with Gasteiger partial charge in [0.2, 0.25) is 0 Å². The highest BCUT2D eigenvalue weighted by atomic mass is 28.3. The van der Waals surface area contributed by atoms with E-state index >= 15 is 0 Å². The molecule has 0 bridgehead atoms. The number of benzene rings is 1. The molecule has 0 saturated carbocycles. The Morgan fingerprint density at radius 2 is 1.36 bits per heavy atom. The van der Waals surface area contributed by atoms with E-state index in [-0.39, 0.29) is 0 Å². The maximum atomic E-state index is 8.63. The minimum absolute atomic E-state index is 0.322. The number of phenols is 1. The molecule has 0 heterocycles. The minimum Gasteiger partial charge on any atom is -0.508 e. The summed E-state index contributed by atoms with van der Waals surface area (Å²) in [6.07, 6.45) is 0. The summed E-state index contributed by atoms with van der Waals surface area (Å²) in [7, 11) is 3.31. The Morgan fingerprint density at radius 3 is 1.50 bits per heavy atom. The molecule has 0 aliphatic heterocycles. The van der Waals surface area contributed by atoms with Gasteiger partial charge in [0.1, 0.15) is 5.75 Å². The van der Waals surface area contributed by atoms with Crippen molar-refractivity contribution in [3.63, 3.8) is 0 Å². The van der Waals surface area contributed by atoms with E-state index in [1.54, 1.807) is 45.6 Å². The van der Waals surface area contributed by atoms with Gasteiger partial charge in [0.25, 0.3) is 0 Å². The zero-order valence-electron chi connectivity index (χ0n) is 8.56.